The van der Waals surface area contributed by atoms with Gasteiger partial charge in [0.25, 0.3) is 0 Å². The number of hydrogen-bond acceptors (Lipinski definition) is 2. The molecule has 0 aliphatic carbocycles. The second kappa shape index (κ2) is 9.69. The van der Waals surface area contributed by atoms with E-state index in [1.165, 1.54) is 0 Å². The maximum absolute atomic E-state index is 16.3. The van der Waals surface area contributed by atoms with E-state index in [-0.39, 0.29) is 0 Å². The fourth-order valence-electron chi connectivity index (χ4n) is 4.36. The van der Waals surface area contributed by atoms with Crippen molar-refractivity contribution in [1.82, 2.24) is 0 Å². The highest BCUT2D eigenvalue weighted by Crippen LogP contribution is 2.51. The average molecular weight is 495 g/mol. The topological polar surface area (TPSA) is 18.5 Å². The quantitative estimate of drug-likeness (QED) is 0.275. The van der Waals surface area contributed by atoms with Gasteiger partial charge in [-0.1, -0.05) is 59.6 Å². The molecule has 5 heteroatoms. The third-order valence-corrected chi connectivity index (χ3v) is 6.78. The minimum Gasteiger partial charge on any atom is -0.496 e. The van der Waals surface area contributed by atoms with Gasteiger partial charge in [-0.15, -0.1) is 0 Å². The molecule has 174 valence electrons. The second-order valence-electron chi connectivity index (χ2n) is 8.22. The molecule has 0 N–H and O–H groups in total. The first-order valence-electron chi connectivity index (χ1n) is 10.8. The maximum atomic E-state index is 16.3. The molecule has 0 atom stereocenters. The summed E-state index contributed by atoms with van der Waals surface area (Å²) in [6, 6.07) is 18.9. The van der Waals surface area contributed by atoms with Gasteiger partial charge < -0.3 is 9.47 Å². The van der Waals surface area contributed by atoms with Crippen molar-refractivity contribution in [2.24, 2.45) is 0 Å². The number of halogens is 3. The first kappa shape index (κ1) is 24.1. The normalized spacial score (nSPS) is 10.9. The van der Waals surface area contributed by atoms with E-state index in [9.17, 15) is 0 Å². The molecule has 0 aliphatic rings. The zero-order valence-corrected chi connectivity index (χ0v) is 21.2. The van der Waals surface area contributed by atoms with Crippen LogP contribution in [0, 0.1) is 26.6 Å². The Bertz CT molecular complexity index is 1400. The lowest BCUT2D eigenvalue weighted by Gasteiger charge is -2.24. The number of rotatable bonds is 5. The molecular weight excluding hydrogens is 470 g/mol. The first-order chi connectivity index (χ1) is 16.3. The molecule has 34 heavy (non-hydrogen) atoms. The molecule has 0 unspecified atom stereocenters. The number of hydrogen-bond donors (Lipinski definition) is 0. The van der Waals surface area contributed by atoms with Gasteiger partial charge in [0.15, 0.2) is 0 Å². The molecule has 0 radical (unpaired) electrons. The van der Waals surface area contributed by atoms with Gasteiger partial charge in [0.2, 0.25) is 0 Å². The van der Waals surface area contributed by atoms with Crippen molar-refractivity contribution >= 4 is 23.2 Å². The Balaban J connectivity index is 2.22. The molecule has 2 nitrogen and oxygen atoms in total. The lowest BCUT2D eigenvalue weighted by molar-refractivity contribution is 0.408. The summed E-state index contributed by atoms with van der Waals surface area (Å²) < 4.78 is 27.8. The molecule has 4 rings (SSSR count). The zero-order valence-electron chi connectivity index (χ0n) is 19.7. The molecular formula is C29H25Cl2FO2. The van der Waals surface area contributed by atoms with E-state index in [4.69, 9.17) is 32.7 Å². The Labute approximate surface area is 209 Å². The van der Waals surface area contributed by atoms with Crippen LogP contribution in [0.15, 0.2) is 60.7 Å². The largest absolute Gasteiger partial charge is 0.496 e. The minimum absolute atomic E-state index is 0.295. The molecule has 0 spiro atoms. The fourth-order valence-corrected chi connectivity index (χ4v) is 4.71. The van der Waals surface area contributed by atoms with E-state index in [2.05, 4.69) is 0 Å². The minimum atomic E-state index is -0.391. The monoisotopic (exact) mass is 494 g/mol. The lowest BCUT2D eigenvalue weighted by atomic mass is 9.84. The summed E-state index contributed by atoms with van der Waals surface area (Å²) in [5.41, 5.74) is 6.57. The van der Waals surface area contributed by atoms with Gasteiger partial charge in [-0.3, -0.25) is 0 Å². The van der Waals surface area contributed by atoms with Crippen LogP contribution in [-0.2, 0) is 0 Å². The van der Waals surface area contributed by atoms with Crippen LogP contribution < -0.4 is 9.47 Å². The van der Waals surface area contributed by atoms with E-state index in [0.29, 0.717) is 38.2 Å². The number of ether oxygens (including phenoxy) is 2. The first-order valence-corrected chi connectivity index (χ1v) is 11.6. The molecule has 4 aromatic rings. The van der Waals surface area contributed by atoms with Gasteiger partial charge in [-0.2, -0.15) is 0 Å². The van der Waals surface area contributed by atoms with Crippen molar-refractivity contribution in [2.45, 2.75) is 20.8 Å². The molecule has 0 amide bonds. The Morgan fingerprint density at radius 2 is 1.44 bits per heavy atom. The van der Waals surface area contributed by atoms with Crippen molar-refractivity contribution in [2.75, 3.05) is 14.2 Å². The van der Waals surface area contributed by atoms with Gasteiger partial charge >= 0.3 is 0 Å². The molecule has 0 aliphatic heterocycles. The molecule has 0 fully saturated rings. The van der Waals surface area contributed by atoms with Crippen LogP contribution in [0.3, 0.4) is 0 Å². The summed E-state index contributed by atoms with van der Waals surface area (Å²) in [6.45, 7) is 5.75. The van der Waals surface area contributed by atoms with Crippen LogP contribution >= 0.6 is 23.2 Å². The highest BCUT2D eigenvalue weighted by molar-refractivity contribution is 6.31. The number of benzene rings is 4. The third kappa shape index (κ3) is 4.15. The SMILES string of the molecule is COc1ccc(Cl)cc1-c1c(F)c(C)c(-c2ccccc2C)c(-c2ccc(C)c(Cl)c2)c1OC. The van der Waals surface area contributed by atoms with Crippen LogP contribution in [-0.4, -0.2) is 14.2 Å². The summed E-state index contributed by atoms with van der Waals surface area (Å²) in [4.78, 5) is 0. The van der Waals surface area contributed by atoms with Crippen molar-refractivity contribution in [1.29, 1.82) is 0 Å². The van der Waals surface area contributed by atoms with Crippen LogP contribution in [0.5, 0.6) is 11.5 Å². The van der Waals surface area contributed by atoms with E-state index >= 15 is 4.39 Å². The van der Waals surface area contributed by atoms with Crippen LogP contribution in [0.25, 0.3) is 33.4 Å². The van der Waals surface area contributed by atoms with Crippen LogP contribution in [0.2, 0.25) is 10.0 Å². The van der Waals surface area contributed by atoms with Gasteiger partial charge in [0.05, 0.1) is 19.8 Å². The predicted octanol–water partition coefficient (Wildman–Crippen LogP) is 9.08. The summed E-state index contributed by atoms with van der Waals surface area (Å²) >= 11 is 12.9. The molecule has 0 aromatic heterocycles. The maximum Gasteiger partial charge on any atom is 0.138 e. The molecule has 0 heterocycles. The van der Waals surface area contributed by atoms with Crippen molar-refractivity contribution in [3.8, 4) is 44.9 Å². The van der Waals surface area contributed by atoms with Crippen LogP contribution in [0.1, 0.15) is 16.7 Å². The number of methoxy groups -OCH3 is 2. The molecule has 0 bridgehead atoms. The predicted molar refractivity (Wildman–Crippen MR) is 140 cm³/mol. The highest BCUT2D eigenvalue weighted by Gasteiger charge is 2.28. The Hall–Kier alpha value is -3.01. The van der Waals surface area contributed by atoms with E-state index in [1.54, 1.807) is 39.3 Å². The average Bonchev–Trinajstić information content (AvgIpc) is 2.82. The summed E-state index contributed by atoms with van der Waals surface area (Å²) in [7, 11) is 3.10. The van der Waals surface area contributed by atoms with Crippen molar-refractivity contribution in [3.63, 3.8) is 0 Å². The van der Waals surface area contributed by atoms with Crippen molar-refractivity contribution in [3.05, 3.63) is 93.2 Å². The van der Waals surface area contributed by atoms with Gasteiger partial charge in [0, 0.05) is 21.2 Å². The summed E-state index contributed by atoms with van der Waals surface area (Å²) in [6.07, 6.45) is 0. The fraction of sp³-hybridized carbons (Fsp3) is 0.172. The Morgan fingerprint density at radius 1 is 0.706 bits per heavy atom. The van der Waals surface area contributed by atoms with E-state index in [1.807, 2.05) is 56.3 Å². The van der Waals surface area contributed by atoms with Crippen molar-refractivity contribution < 1.29 is 13.9 Å². The smallest absolute Gasteiger partial charge is 0.138 e. The molecule has 0 saturated carbocycles. The molecule has 0 saturated heterocycles. The number of aryl methyl sites for hydroxylation is 2. The van der Waals surface area contributed by atoms with E-state index < -0.39 is 5.82 Å². The van der Waals surface area contributed by atoms with E-state index in [0.717, 1.165) is 33.4 Å². The van der Waals surface area contributed by atoms with Crippen LogP contribution in [0.4, 0.5) is 4.39 Å². The Kier molecular flexibility index (Phi) is 6.88. The standard InChI is InChI=1S/C29H25Cl2FO2/c1-16-8-6-7-9-21(16)25-18(3)28(32)27(22-15-20(30)12-13-24(22)33-4)29(34-5)26(25)19-11-10-17(2)23(31)14-19/h6-15H,1-5H3. The summed E-state index contributed by atoms with van der Waals surface area (Å²) in [5.74, 6) is 0.497. The zero-order chi connectivity index (χ0) is 24.6. The third-order valence-electron chi connectivity index (χ3n) is 6.14. The highest BCUT2D eigenvalue weighted by atomic mass is 35.5. The van der Waals surface area contributed by atoms with Gasteiger partial charge in [-0.25, -0.2) is 4.39 Å². The Morgan fingerprint density at radius 3 is 2.09 bits per heavy atom. The second-order valence-corrected chi connectivity index (χ2v) is 9.06. The lowest BCUT2D eigenvalue weighted by Crippen LogP contribution is -2.04. The summed E-state index contributed by atoms with van der Waals surface area (Å²) in [5, 5.41) is 1.09. The molecule has 4 aromatic carbocycles. The van der Waals surface area contributed by atoms with Gasteiger partial charge in [-0.05, 0) is 78.4 Å². The van der Waals surface area contributed by atoms with Gasteiger partial charge in [0.1, 0.15) is 17.3 Å².